The highest BCUT2D eigenvalue weighted by Gasteiger charge is 2.29. The van der Waals surface area contributed by atoms with E-state index in [1.807, 2.05) is 19.1 Å². The maximum absolute atomic E-state index is 11.7. The number of methoxy groups -OCH3 is 1. The molecule has 0 spiro atoms. The van der Waals surface area contributed by atoms with Crippen LogP contribution in [-0.2, 0) is 10.2 Å². The molecule has 1 aromatic rings. The van der Waals surface area contributed by atoms with E-state index in [1.165, 1.54) is 11.4 Å². The Bertz CT molecular complexity index is 499. The average Bonchev–Trinajstić information content (AvgIpc) is 2.58. The van der Waals surface area contributed by atoms with Gasteiger partial charge in [0.25, 0.3) is 0 Å². The topological polar surface area (TPSA) is 58.6 Å². The predicted octanol–water partition coefficient (Wildman–Crippen LogP) is 0.658. The first kappa shape index (κ1) is 11.2. The first-order valence-electron chi connectivity index (χ1n) is 4.96. The van der Waals surface area contributed by atoms with Crippen LogP contribution in [0, 0.1) is 6.92 Å². The molecule has 1 N–H and O–H groups in total. The van der Waals surface area contributed by atoms with Gasteiger partial charge in [0.1, 0.15) is 5.75 Å². The summed E-state index contributed by atoms with van der Waals surface area (Å²) in [6, 6.07) is 5.47. The quantitative estimate of drug-likeness (QED) is 0.828. The fourth-order valence-corrected chi connectivity index (χ4v) is 2.96. The minimum atomic E-state index is -3.39. The molecule has 6 heteroatoms. The molecule has 0 radical (unpaired) electrons. The number of ether oxygens (including phenoxy) is 1. The largest absolute Gasteiger partial charge is 0.495 e. The highest BCUT2D eigenvalue weighted by molar-refractivity contribution is 7.91. The van der Waals surface area contributed by atoms with Gasteiger partial charge >= 0.3 is 10.2 Å². The molecule has 2 rings (SSSR count). The summed E-state index contributed by atoms with van der Waals surface area (Å²) in [6.07, 6.45) is 0. The van der Waals surface area contributed by atoms with Crippen molar-refractivity contribution in [1.29, 1.82) is 0 Å². The number of nitrogens with one attached hydrogen (secondary N) is 1. The summed E-state index contributed by atoms with van der Waals surface area (Å²) in [5, 5.41) is 0. The van der Waals surface area contributed by atoms with Gasteiger partial charge in [0, 0.05) is 13.1 Å². The SMILES string of the molecule is COc1ccc(C)cc1N1CCNS1(=O)=O. The molecule has 0 amide bonds. The van der Waals surface area contributed by atoms with Gasteiger partial charge in [-0.3, -0.25) is 4.31 Å². The van der Waals surface area contributed by atoms with Crippen LogP contribution < -0.4 is 13.8 Å². The monoisotopic (exact) mass is 242 g/mol. The lowest BCUT2D eigenvalue weighted by Gasteiger charge is -2.19. The van der Waals surface area contributed by atoms with Crippen molar-refractivity contribution in [2.75, 3.05) is 24.5 Å². The Balaban J connectivity index is 2.50. The second-order valence-electron chi connectivity index (χ2n) is 3.65. The van der Waals surface area contributed by atoms with Crippen molar-refractivity contribution in [3.8, 4) is 5.75 Å². The van der Waals surface area contributed by atoms with Crippen LogP contribution in [0.1, 0.15) is 5.56 Å². The van der Waals surface area contributed by atoms with Crippen LogP contribution in [0.25, 0.3) is 0 Å². The summed E-state index contributed by atoms with van der Waals surface area (Å²) < 4.78 is 32.4. The van der Waals surface area contributed by atoms with Crippen LogP contribution in [0.2, 0.25) is 0 Å². The van der Waals surface area contributed by atoms with Crippen molar-refractivity contribution in [3.63, 3.8) is 0 Å². The molecule has 88 valence electrons. The molecule has 0 aliphatic carbocycles. The predicted molar refractivity (Wildman–Crippen MR) is 62.0 cm³/mol. The Morgan fingerprint density at radius 2 is 2.19 bits per heavy atom. The third-order valence-corrected chi connectivity index (χ3v) is 4.02. The van der Waals surface area contributed by atoms with Crippen molar-refractivity contribution in [2.45, 2.75) is 6.92 Å². The number of nitrogens with zero attached hydrogens (tertiary/aromatic N) is 1. The molecule has 0 saturated carbocycles. The van der Waals surface area contributed by atoms with Crippen LogP contribution in [0.4, 0.5) is 5.69 Å². The van der Waals surface area contributed by atoms with Crippen molar-refractivity contribution in [2.24, 2.45) is 0 Å². The Morgan fingerprint density at radius 1 is 1.44 bits per heavy atom. The van der Waals surface area contributed by atoms with Crippen molar-refractivity contribution in [1.82, 2.24) is 4.72 Å². The second-order valence-corrected chi connectivity index (χ2v) is 5.33. The lowest BCUT2D eigenvalue weighted by atomic mass is 10.2. The Hall–Kier alpha value is -1.27. The molecule has 5 nitrogen and oxygen atoms in total. The number of aryl methyl sites for hydroxylation is 1. The molecule has 1 fully saturated rings. The van der Waals surface area contributed by atoms with Gasteiger partial charge in [-0.15, -0.1) is 0 Å². The maximum Gasteiger partial charge on any atom is 0.301 e. The lowest BCUT2D eigenvalue weighted by Crippen LogP contribution is -2.29. The van der Waals surface area contributed by atoms with Crippen LogP contribution in [-0.4, -0.2) is 28.6 Å². The highest BCUT2D eigenvalue weighted by Crippen LogP contribution is 2.31. The smallest absolute Gasteiger partial charge is 0.301 e. The zero-order valence-corrected chi connectivity index (χ0v) is 10.0. The van der Waals surface area contributed by atoms with Gasteiger partial charge in [-0.25, -0.2) is 0 Å². The summed E-state index contributed by atoms with van der Waals surface area (Å²) >= 11 is 0. The minimum absolute atomic E-state index is 0.430. The van der Waals surface area contributed by atoms with Crippen molar-refractivity contribution >= 4 is 15.9 Å². The molecule has 1 aliphatic rings. The Labute approximate surface area is 95.2 Å². The number of hydrogen-bond donors (Lipinski definition) is 1. The maximum atomic E-state index is 11.7. The summed E-state index contributed by atoms with van der Waals surface area (Å²) in [5.74, 6) is 0.567. The standard InChI is InChI=1S/C10H14N2O3S/c1-8-3-4-10(15-2)9(7-8)12-6-5-11-16(12,13)14/h3-4,7,11H,5-6H2,1-2H3. The van der Waals surface area contributed by atoms with Gasteiger partial charge in [0.05, 0.1) is 12.8 Å². The average molecular weight is 242 g/mol. The third-order valence-electron chi connectivity index (χ3n) is 2.49. The van der Waals surface area contributed by atoms with Crippen LogP contribution >= 0.6 is 0 Å². The minimum Gasteiger partial charge on any atom is -0.495 e. The molecule has 0 bridgehead atoms. The van der Waals surface area contributed by atoms with E-state index in [2.05, 4.69) is 4.72 Å². The third kappa shape index (κ3) is 1.85. The molecule has 0 aromatic heterocycles. The second kappa shape index (κ2) is 3.95. The van der Waals surface area contributed by atoms with Crippen molar-refractivity contribution < 1.29 is 13.2 Å². The molecular weight excluding hydrogens is 228 g/mol. The number of anilines is 1. The number of rotatable bonds is 2. The summed E-state index contributed by atoms with van der Waals surface area (Å²) in [5.41, 5.74) is 1.59. The Kier molecular flexibility index (Phi) is 2.77. The van der Waals surface area contributed by atoms with Crippen LogP contribution in [0.15, 0.2) is 18.2 Å². The summed E-state index contributed by atoms with van der Waals surface area (Å²) in [6.45, 7) is 2.78. The van der Waals surface area contributed by atoms with Gasteiger partial charge in [-0.05, 0) is 24.6 Å². The van der Waals surface area contributed by atoms with E-state index in [0.717, 1.165) is 5.56 Å². The zero-order valence-electron chi connectivity index (χ0n) is 9.23. The number of hydrogen-bond acceptors (Lipinski definition) is 3. The molecule has 0 atom stereocenters. The van der Waals surface area contributed by atoms with Crippen LogP contribution in [0.3, 0.4) is 0 Å². The van der Waals surface area contributed by atoms with E-state index in [4.69, 9.17) is 4.74 Å². The van der Waals surface area contributed by atoms with E-state index in [-0.39, 0.29) is 0 Å². The zero-order chi connectivity index (χ0) is 11.8. The van der Waals surface area contributed by atoms with Crippen molar-refractivity contribution in [3.05, 3.63) is 23.8 Å². The molecular formula is C10H14N2O3S. The highest BCUT2D eigenvalue weighted by atomic mass is 32.2. The molecule has 1 saturated heterocycles. The number of benzene rings is 1. The van der Waals surface area contributed by atoms with E-state index >= 15 is 0 Å². The van der Waals surface area contributed by atoms with Gasteiger partial charge in [-0.1, -0.05) is 6.07 Å². The van der Waals surface area contributed by atoms with E-state index in [1.54, 1.807) is 6.07 Å². The van der Waals surface area contributed by atoms with E-state index < -0.39 is 10.2 Å². The summed E-state index contributed by atoms with van der Waals surface area (Å²) in [7, 11) is -1.85. The fraction of sp³-hybridized carbons (Fsp3) is 0.400. The fourth-order valence-electron chi connectivity index (χ4n) is 1.72. The van der Waals surface area contributed by atoms with Crippen LogP contribution in [0.5, 0.6) is 5.75 Å². The van der Waals surface area contributed by atoms with Gasteiger partial charge in [0.2, 0.25) is 0 Å². The normalized spacial score (nSPS) is 18.8. The van der Waals surface area contributed by atoms with Gasteiger partial charge in [0.15, 0.2) is 0 Å². The Morgan fingerprint density at radius 3 is 2.75 bits per heavy atom. The first-order chi connectivity index (χ1) is 7.54. The molecule has 1 heterocycles. The lowest BCUT2D eigenvalue weighted by molar-refractivity contribution is 0.415. The van der Waals surface area contributed by atoms with Gasteiger partial charge in [-0.2, -0.15) is 13.1 Å². The molecule has 1 aromatic carbocycles. The van der Waals surface area contributed by atoms with Gasteiger partial charge < -0.3 is 4.74 Å². The van der Waals surface area contributed by atoms with E-state index in [9.17, 15) is 8.42 Å². The first-order valence-corrected chi connectivity index (χ1v) is 6.40. The molecule has 16 heavy (non-hydrogen) atoms. The molecule has 0 unspecified atom stereocenters. The van der Waals surface area contributed by atoms with E-state index in [0.29, 0.717) is 24.5 Å². The molecule has 1 aliphatic heterocycles. The summed E-state index contributed by atoms with van der Waals surface area (Å²) in [4.78, 5) is 0.